The Balaban J connectivity index is 2.55. The van der Waals surface area contributed by atoms with Crippen molar-refractivity contribution in [3.05, 3.63) is 0 Å². The molecule has 0 aromatic heterocycles. The van der Waals surface area contributed by atoms with Crippen LogP contribution in [0.2, 0.25) is 0 Å². The molecule has 7 heteroatoms. The van der Waals surface area contributed by atoms with E-state index >= 15 is 0 Å². The van der Waals surface area contributed by atoms with Crippen LogP contribution in [0.1, 0.15) is 26.2 Å². The Hall–Kier alpha value is -0.270. The van der Waals surface area contributed by atoms with Crippen molar-refractivity contribution in [1.29, 1.82) is 0 Å². The average Bonchev–Trinajstić information content (AvgIpc) is 2.25. The van der Waals surface area contributed by atoms with Gasteiger partial charge in [0.15, 0.2) is 9.84 Å². The van der Waals surface area contributed by atoms with Gasteiger partial charge < -0.3 is 10.4 Å². The van der Waals surface area contributed by atoms with Crippen molar-refractivity contribution in [2.75, 3.05) is 24.3 Å². The van der Waals surface area contributed by atoms with Gasteiger partial charge in [-0.3, -0.25) is 4.79 Å². The summed E-state index contributed by atoms with van der Waals surface area (Å²) < 4.78 is 23.5. The molecule has 0 bridgehead atoms. The van der Waals surface area contributed by atoms with E-state index in [0.29, 0.717) is 18.6 Å². The lowest BCUT2D eigenvalue weighted by molar-refractivity contribution is -0.121. The summed E-state index contributed by atoms with van der Waals surface area (Å²) in [7, 11) is -3.30. The van der Waals surface area contributed by atoms with Gasteiger partial charge in [0.05, 0.1) is 11.4 Å². The molecule has 1 aliphatic rings. The highest BCUT2D eigenvalue weighted by Gasteiger charge is 2.35. The van der Waals surface area contributed by atoms with Crippen molar-refractivity contribution in [3.63, 3.8) is 0 Å². The number of sulfone groups is 1. The maximum atomic E-state index is 11.9. The first-order chi connectivity index (χ1) is 8.28. The molecule has 1 saturated heterocycles. The van der Waals surface area contributed by atoms with E-state index in [9.17, 15) is 18.3 Å². The first-order valence-electron chi connectivity index (χ1n) is 5.99. The summed E-state index contributed by atoms with van der Waals surface area (Å²) in [6.45, 7) is 1.71. The van der Waals surface area contributed by atoms with Crippen molar-refractivity contribution in [2.45, 2.75) is 37.0 Å². The molecule has 2 N–H and O–H groups in total. The molecule has 0 aromatic carbocycles. The van der Waals surface area contributed by atoms with Crippen LogP contribution in [0.15, 0.2) is 0 Å². The maximum absolute atomic E-state index is 11.9. The molecule has 0 aliphatic carbocycles. The van der Waals surface area contributed by atoms with Gasteiger partial charge in [0.25, 0.3) is 0 Å². The zero-order valence-electron chi connectivity index (χ0n) is 10.8. The summed E-state index contributed by atoms with van der Waals surface area (Å²) in [5, 5.41) is 11.5. The van der Waals surface area contributed by atoms with Gasteiger partial charge in [-0.2, -0.15) is 11.8 Å². The predicted octanol–water partition coefficient (Wildman–Crippen LogP) is 0.184. The van der Waals surface area contributed by atoms with E-state index in [1.54, 1.807) is 6.92 Å². The summed E-state index contributed by atoms with van der Waals surface area (Å²) >= 11 is 1.48. The number of nitrogens with one attached hydrogen (secondary N) is 1. The molecule has 2 unspecified atom stereocenters. The van der Waals surface area contributed by atoms with Crippen LogP contribution in [0.25, 0.3) is 0 Å². The van der Waals surface area contributed by atoms with Crippen molar-refractivity contribution >= 4 is 27.5 Å². The minimum atomic E-state index is -3.30. The molecule has 1 amide bonds. The van der Waals surface area contributed by atoms with Crippen molar-refractivity contribution < 1.29 is 18.3 Å². The van der Waals surface area contributed by atoms with Gasteiger partial charge in [-0.15, -0.1) is 0 Å². The summed E-state index contributed by atoms with van der Waals surface area (Å²) in [4.78, 5) is 11.9. The lowest BCUT2D eigenvalue weighted by Gasteiger charge is -2.26. The first-order valence-corrected chi connectivity index (χ1v) is 9.10. The number of carbonyl (C=O) groups excluding carboxylic acids is 1. The van der Waals surface area contributed by atoms with Crippen LogP contribution in [0.3, 0.4) is 0 Å². The molecular formula is C11H21NO4S2. The minimum absolute atomic E-state index is 0.0820. The third-order valence-electron chi connectivity index (χ3n) is 2.97. The van der Waals surface area contributed by atoms with E-state index in [1.807, 2.05) is 6.26 Å². The molecule has 0 saturated carbocycles. The van der Waals surface area contributed by atoms with Crippen molar-refractivity contribution in [1.82, 2.24) is 5.32 Å². The molecule has 1 fully saturated rings. The number of carbonyl (C=O) groups is 1. The monoisotopic (exact) mass is 295 g/mol. The Morgan fingerprint density at radius 1 is 1.50 bits per heavy atom. The number of hydrogen-bond acceptors (Lipinski definition) is 5. The molecule has 1 aliphatic heterocycles. The van der Waals surface area contributed by atoms with Gasteiger partial charge in [-0.25, -0.2) is 8.42 Å². The summed E-state index contributed by atoms with van der Waals surface area (Å²) in [5.41, 5.74) is -1.01. The summed E-state index contributed by atoms with van der Waals surface area (Å²) in [6.07, 6.45) is 3.65. The SMILES string of the molecule is CSCC(C)(O)CNC(=O)C1CCCCS1(=O)=O. The van der Waals surface area contributed by atoms with E-state index in [4.69, 9.17) is 0 Å². The summed E-state index contributed by atoms with van der Waals surface area (Å²) in [5.74, 6) is 0.104. The van der Waals surface area contributed by atoms with Crippen LogP contribution >= 0.6 is 11.8 Å². The molecule has 0 radical (unpaired) electrons. The lowest BCUT2D eigenvalue weighted by atomic mass is 10.1. The van der Waals surface area contributed by atoms with Gasteiger partial charge in [0.2, 0.25) is 5.91 Å². The fourth-order valence-electron chi connectivity index (χ4n) is 2.00. The zero-order chi connectivity index (χ0) is 13.8. The maximum Gasteiger partial charge on any atom is 0.238 e. The van der Waals surface area contributed by atoms with Crippen LogP contribution in [0.5, 0.6) is 0 Å². The number of hydrogen-bond donors (Lipinski definition) is 2. The highest BCUT2D eigenvalue weighted by atomic mass is 32.2. The molecule has 2 atom stereocenters. The normalized spacial score (nSPS) is 26.3. The molecule has 5 nitrogen and oxygen atoms in total. The molecular weight excluding hydrogens is 274 g/mol. The molecule has 0 spiro atoms. The second-order valence-corrected chi connectivity index (χ2v) is 8.17. The molecule has 106 valence electrons. The lowest BCUT2D eigenvalue weighted by Crippen LogP contribution is -2.48. The Kier molecular flexibility index (Phi) is 5.48. The summed E-state index contributed by atoms with van der Waals surface area (Å²) in [6, 6.07) is 0. The van der Waals surface area contributed by atoms with Gasteiger partial charge in [-0.1, -0.05) is 6.42 Å². The number of rotatable bonds is 5. The Bertz CT molecular complexity index is 392. The fraction of sp³-hybridized carbons (Fsp3) is 0.909. The Morgan fingerprint density at radius 3 is 2.72 bits per heavy atom. The van der Waals surface area contributed by atoms with E-state index < -0.39 is 26.6 Å². The van der Waals surface area contributed by atoms with Crippen molar-refractivity contribution in [2.24, 2.45) is 0 Å². The highest BCUT2D eigenvalue weighted by molar-refractivity contribution is 7.98. The van der Waals surface area contributed by atoms with Crippen LogP contribution < -0.4 is 5.32 Å². The molecule has 1 rings (SSSR count). The Morgan fingerprint density at radius 2 is 2.17 bits per heavy atom. The van der Waals surface area contributed by atoms with Gasteiger partial charge in [-0.05, 0) is 26.0 Å². The van der Waals surface area contributed by atoms with E-state index in [2.05, 4.69) is 5.32 Å². The van der Waals surface area contributed by atoms with Gasteiger partial charge in [0.1, 0.15) is 5.25 Å². The van der Waals surface area contributed by atoms with E-state index in [1.165, 1.54) is 11.8 Å². The quantitative estimate of drug-likeness (QED) is 0.756. The molecule has 1 heterocycles. The van der Waals surface area contributed by atoms with Crippen LogP contribution in [-0.4, -0.2) is 54.6 Å². The topological polar surface area (TPSA) is 83.5 Å². The van der Waals surface area contributed by atoms with Gasteiger partial charge in [0, 0.05) is 12.3 Å². The number of amides is 1. The third-order valence-corrected chi connectivity index (χ3v) is 6.05. The average molecular weight is 295 g/mol. The van der Waals surface area contributed by atoms with Crippen LogP contribution in [0.4, 0.5) is 0 Å². The highest BCUT2D eigenvalue weighted by Crippen LogP contribution is 2.20. The van der Waals surface area contributed by atoms with E-state index in [0.717, 1.165) is 6.42 Å². The largest absolute Gasteiger partial charge is 0.387 e. The number of thioether (sulfide) groups is 1. The Labute approximate surface area is 113 Å². The van der Waals surface area contributed by atoms with Crippen LogP contribution in [0, 0.1) is 0 Å². The van der Waals surface area contributed by atoms with Crippen LogP contribution in [-0.2, 0) is 14.6 Å². The minimum Gasteiger partial charge on any atom is -0.387 e. The van der Waals surface area contributed by atoms with Crippen molar-refractivity contribution in [3.8, 4) is 0 Å². The van der Waals surface area contributed by atoms with Gasteiger partial charge >= 0.3 is 0 Å². The second kappa shape index (κ2) is 6.25. The molecule has 0 aromatic rings. The number of aliphatic hydroxyl groups is 1. The predicted molar refractivity (Wildman–Crippen MR) is 73.4 cm³/mol. The zero-order valence-corrected chi connectivity index (χ0v) is 12.4. The molecule has 18 heavy (non-hydrogen) atoms. The van der Waals surface area contributed by atoms with E-state index in [-0.39, 0.29) is 12.3 Å². The third kappa shape index (κ3) is 4.44. The standard InChI is InChI=1S/C11H21NO4S2/c1-11(14,8-17-2)7-12-10(13)9-5-3-4-6-18(9,15)16/h9,14H,3-8H2,1-2H3,(H,12,13). The second-order valence-electron chi connectivity index (χ2n) is 5.00. The fourth-order valence-corrected chi connectivity index (χ4v) is 4.55. The first kappa shape index (κ1) is 15.8. The smallest absolute Gasteiger partial charge is 0.238 e.